The number of halogens is 3. The highest BCUT2D eigenvalue weighted by Crippen LogP contribution is 2.48. The van der Waals surface area contributed by atoms with Crippen LogP contribution in [0.1, 0.15) is 61.1 Å². The summed E-state index contributed by atoms with van der Waals surface area (Å²) in [5.74, 6) is -4.12. The molecule has 1 N–H and O–H groups in total. The number of nitriles is 1. The average molecular weight is 460 g/mol. The minimum atomic E-state index is -3.46. The van der Waals surface area contributed by atoms with E-state index in [4.69, 9.17) is 22.2 Å². The maximum absolute atomic E-state index is 15.7. The first-order chi connectivity index (χ1) is 15.0. The van der Waals surface area contributed by atoms with Crippen molar-refractivity contribution in [2.45, 2.75) is 63.0 Å². The van der Waals surface area contributed by atoms with Gasteiger partial charge >= 0.3 is 5.92 Å². The number of rotatable bonds is 3. The van der Waals surface area contributed by atoms with Crippen molar-refractivity contribution in [2.75, 3.05) is 6.61 Å². The summed E-state index contributed by atoms with van der Waals surface area (Å²) < 4.78 is 51.7. The first-order valence-corrected chi connectivity index (χ1v) is 10.9. The zero-order chi connectivity index (χ0) is 23.3. The molecule has 1 aromatic carbocycles. The molecule has 0 unspecified atom stereocenters. The fraction of sp³-hybridized carbons (Fsp3) is 0.458. The van der Waals surface area contributed by atoms with Crippen LogP contribution in [0.2, 0.25) is 0 Å². The number of alkyl halides is 2. The van der Waals surface area contributed by atoms with Gasteiger partial charge in [0.25, 0.3) is 0 Å². The zero-order valence-corrected chi connectivity index (χ0v) is 19.0. The third kappa shape index (κ3) is 3.57. The Morgan fingerprint density at radius 2 is 2.03 bits per heavy atom. The Morgan fingerprint density at radius 1 is 1.28 bits per heavy atom. The number of hydrogen-bond acceptors (Lipinski definition) is 4. The molecule has 4 rings (SSSR count). The summed E-state index contributed by atoms with van der Waals surface area (Å²) in [6.07, 6.45) is 3.72. The van der Waals surface area contributed by atoms with Crippen LogP contribution in [-0.2, 0) is 23.1 Å². The molecule has 2 aromatic rings. The lowest BCUT2D eigenvalue weighted by Gasteiger charge is -2.44. The van der Waals surface area contributed by atoms with Crippen molar-refractivity contribution in [2.24, 2.45) is 0 Å². The smallest absolute Gasteiger partial charge is 0.302 e. The van der Waals surface area contributed by atoms with Crippen molar-refractivity contribution >= 4 is 17.2 Å². The van der Waals surface area contributed by atoms with E-state index in [2.05, 4.69) is 16.4 Å². The molecule has 1 saturated heterocycles. The van der Waals surface area contributed by atoms with Crippen LogP contribution in [0, 0.1) is 17.1 Å². The Hall–Kier alpha value is -2.50. The predicted octanol–water partition coefficient (Wildman–Crippen LogP) is 4.94. The summed E-state index contributed by atoms with van der Waals surface area (Å²) in [6, 6.07) is 8.30. The van der Waals surface area contributed by atoms with Crippen LogP contribution in [0.5, 0.6) is 0 Å². The Bertz CT molecular complexity index is 1130. The van der Waals surface area contributed by atoms with E-state index in [0.717, 1.165) is 29.7 Å². The van der Waals surface area contributed by atoms with Gasteiger partial charge in [0, 0.05) is 23.4 Å². The Kier molecular flexibility index (Phi) is 5.54. The predicted molar refractivity (Wildman–Crippen MR) is 118 cm³/mol. The van der Waals surface area contributed by atoms with Crippen LogP contribution in [0.3, 0.4) is 0 Å². The number of hydrogen-bond donors (Lipinski definition) is 1. The number of pyridine rings is 1. The molecule has 0 bridgehead atoms. The SMILES string of the molecule is CC1(C)OCC(=S)N[C@](C)(c2cc(C[C@H]3CCc4cc(C#N)cnc43)ccc2F)C1(F)F. The molecule has 32 heavy (non-hydrogen) atoms. The molecule has 1 aliphatic carbocycles. The van der Waals surface area contributed by atoms with Crippen LogP contribution in [0.25, 0.3) is 0 Å². The van der Waals surface area contributed by atoms with Crippen molar-refractivity contribution in [3.8, 4) is 6.07 Å². The first kappa shape index (κ1) is 22.7. The molecular formula is C24H24F3N3OS. The second-order valence-corrected chi connectivity index (χ2v) is 9.67. The van der Waals surface area contributed by atoms with Gasteiger partial charge in [0.2, 0.25) is 0 Å². The number of aryl methyl sites for hydroxylation is 1. The molecule has 0 amide bonds. The molecule has 0 radical (unpaired) electrons. The van der Waals surface area contributed by atoms with Gasteiger partial charge in [-0.25, -0.2) is 13.2 Å². The lowest BCUT2D eigenvalue weighted by molar-refractivity contribution is -0.216. The number of ether oxygens (including phenoxy) is 1. The van der Waals surface area contributed by atoms with Gasteiger partial charge in [0.05, 0.1) is 12.2 Å². The molecule has 2 aliphatic rings. The normalized spacial score (nSPS) is 26.0. The van der Waals surface area contributed by atoms with Crippen molar-refractivity contribution in [1.82, 2.24) is 10.3 Å². The van der Waals surface area contributed by atoms with Crippen LogP contribution in [0.4, 0.5) is 13.2 Å². The molecular weight excluding hydrogens is 435 g/mol. The van der Waals surface area contributed by atoms with E-state index >= 15 is 8.78 Å². The third-order valence-corrected chi connectivity index (χ3v) is 6.89. The molecule has 0 saturated carbocycles. The Balaban J connectivity index is 1.71. The molecule has 4 nitrogen and oxygen atoms in total. The van der Waals surface area contributed by atoms with Crippen molar-refractivity contribution in [3.63, 3.8) is 0 Å². The van der Waals surface area contributed by atoms with Gasteiger partial charge < -0.3 is 10.1 Å². The number of thiocarbonyl (C=S) groups is 1. The summed E-state index contributed by atoms with van der Waals surface area (Å²) in [5.41, 5.74) is -0.893. The molecule has 2 heterocycles. The van der Waals surface area contributed by atoms with Crippen LogP contribution >= 0.6 is 12.2 Å². The molecule has 8 heteroatoms. The largest absolute Gasteiger partial charge is 0.363 e. The van der Waals surface area contributed by atoms with Crippen molar-refractivity contribution in [3.05, 3.63) is 64.2 Å². The van der Waals surface area contributed by atoms with E-state index in [1.54, 1.807) is 12.3 Å². The summed E-state index contributed by atoms with van der Waals surface area (Å²) in [6.45, 7) is 3.69. The molecule has 0 spiro atoms. The fourth-order valence-corrected chi connectivity index (χ4v) is 5.01. The summed E-state index contributed by atoms with van der Waals surface area (Å²) >= 11 is 5.18. The Morgan fingerprint density at radius 3 is 2.75 bits per heavy atom. The van der Waals surface area contributed by atoms with Crippen LogP contribution in [-0.4, -0.2) is 28.1 Å². The van der Waals surface area contributed by atoms with E-state index in [9.17, 15) is 4.39 Å². The third-order valence-electron chi connectivity index (χ3n) is 6.67. The zero-order valence-electron chi connectivity index (χ0n) is 18.1. The second-order valence-electron chi connectivity index (χ2n) is 9.18. The lowest BCUT2D eigenvalue weighted by atomic mass is 9.77. The molecule has 1 aliphatic heterocycles. The molecule has 2 atom stereocenters. The summed E-state index contributed by atoms with van der Waals surface area (Å²) in [4.78, 5) is 4.55. The highest BCUT2D eigenvalue weighted by Gasteiger charge is 2.64. The van der Waals surface area contributed by atoms with Gasteiger partial charge in [-0.3, -0.25) is 4.98 Å². The number of nitrogens with one attached hydrogen (secondary N) is 1. The van der Waals surface area contributed by atoms with Crippen LogP contribution in [0.15, 0.2) is 30.5 Å². The minimum absolute atomic E-state index is 0.0762. The van der Waals surface area contributed by atoms with Gasteiger partial charge in [-0.05, 0) is 63.3 Å². The number of nitrogens with zero attached hydrogens (tertiary/aromatic N) is 2. The molecule has 168 valence electrons. The van der Waals surface area contributed by atoms with E-state index in [1.165, 1.54) is 32.9 Å². The van der Waals surface area contributed by atoms with Gasteiger partial charge in [-0.1, -0.05) is 24.4 Å². The molecule has 1 fully saturated rings. The summed E-state index contributed by atoms with van der Waals surface area (Å²) in [5, 5.41) is 11.8. The Labute approximate surface area is 190 Å². The number of benzene rings is 1. The topological polar surface area (TPSA) is 57.9 Å². The lowest BCUT2D eigenvalue weighted by Crippen LogP contribution is -2.62. The molecule has 1 aromatic heterocycles. The summed E-state index contributed by atoms with van der Waals surface area (Å²) in [7, 11) is 0. The quantitative estimate of drug-likeness (QED) is 0.659. The van der Waals surface area contributed by atoms with E-state index in [1.807, 2.05) is 6.07 Å². The van der Waals surface area contributed by atoms with Crippen molar-refractivity contribution < 1.29 is 17.9 Å². The standard InChI is InChI=1S/C24H24F3N3OS/c1-22(2)24(26,27)23(3,30-20(32)13-31-22)18-10-14(4-7-19(18)25)8-16-5-6-17-9-15(11-28)12-29-21(16)17/h4,7,9-10,12,16H,5-6,8,13H2,1-3H3,(H,30,32)/t16-,23-/m1/s1. The van der Waals surface area contributed by atoms with E-state index in [0.29, 0.717) is 12.0 Å². The van der Waals surface area contributed by atoms with Gasteiger partial charge in [-0.15, -0.1) is 0 Å². The van der Waals surface area contributed by atoms with E-state index < -0.39 is 22.9 Å². The highest BCUT2D eigenvalue weighted by molar-refractivity contribution is 7.80. The first-order valence-electron chi connectivity index (χ1n) is 10.5. The van der Waals surface area contributed by atoms with Gasteiger partial charge in [-0.2, -0.15) is 5.26 Å². The average Bonchev–Trinajstić information content (AvgIpc) is 3.12. The van der Waals surface area contributed by atoms with Crippen LogP contribution < -0.4 is 5.32 Å². The van der Waals surface area contributed by atoms with Crippen molar-refractivity contribution in [1.29, 1.82) is 5.26 Å². The van der Waals surface area contributed by atoms with E-state index in [-0.39, 0.29) is 23.1 Å². The minimum Gasteiger partial charge on any atom is -0.363 e. The maximum Gasteiger partial charge on any atom is 0.302 e. The fourth-order valence-electron chi connectivity index (χ4n) is 4.75. The monoisotopic (exact) mass is 459 g/mol. The highest BCUT2D eigenvalue weighted by atomic mass is 32.1. The van der Waals surface area contributed by atoms with Gasteiger partial charge in [0.1, 0.15) is 28.0 Å². The number of aromatic nitrogens is 1. The number of fused-ring (bicyclic) bond motifs is 1. The second kappa shape index (κ2) is 7.82. The van der Waals surface area contributed by atoms with Gasteiger partial charge in [0.15, 0.2) is 0 Å². The maximum atomic E-state index is 15.7.